The van der Waals surface area contributed by atoms with E-state index in [1.807, 2.05) is 42.5 Å². The third kappa shape index (κ3) is 4.56. The predicted octanol–water partition coefficient (Wildman–Crippen LogP) is 2.81. The molecule has 5 heteroatoms. The van der Waals surface area contributed by atoms with Crippen LogP contribution in [0.4, 0.5) is 0 Å². The molecule has 0 aliphatic rings. The lowest BCUT2D eigenvalue weighted by Gasteiger charge is -2.16. The summed E-state index contributed by atoms with van der Waals surface area (Å²) in [6.45, 7) is 0. The number of carbonyl (C=O) groups excluding carboxylic acids is 2. The number of rotatable bonds is 5. The van der Waals surface area contributed by atoms with E-state index in [-0.39, 0.29) is 5.91 Å². The number of hydrogen-bond donors (Lipinski definition) is 1. The van der Waals surface area contributed by atoms with Crippen LogP contribution in [0.5, 0.6) is 0 Å². The largest absolute Gasteiger partial charge is 0.467 e. The molecule has 0 bridgehead atoms. The van der Waals surface area contributed by atoms with E-state index < -0.39 is 12.0 Å². The number of amides is 1. The van der Waals surface area contributed by atoms with Gasteiger partial charge in [0.05, 0.1) is 7.11 Å². The predicted molar refractivity (Wildman–Crippen MR) is 92.6 cm³/mol. The van der Waals surface area contributed by atoms with Crippen LogP contribution in [0, 0.1) is 3.57 Å². The van der Waals surface area contributed by atoms with Crippen LogP contribution in [-0.4, -0.2) is 25.0 Å². The fourth-order valence-corrected chi connectivity index (χ4v) is 2.39. The Morgan fingerprint density at radius 1 is 1.09 bits per heavy atom. The number of ether oxygens (including phenoxy) is 1. The second-order valence-corrected chi connectivity index (χ2v) is 5.99. The van der Waals surface area contributed by atoms with Crippen LogP contribution in [0.15, 0.2) is 54.6 Å². The highest BCUT2D eigenvalue weighted by molar-refractivity contribution is 14.1. The van der Waals surface area contributed by atoms with E-state index in [0.717, 1.165) is 9.13 Å². The van der Waals surface area contributed by atoms with Gasteiger partial charge in [-0.25, -0.2) is 4.79 Å². The molecule has 0 fully saturated rings. The standard InChI is InChI=1S/C17H16INO3/c1-22-17(21)15(11-12-5-3-2-4-6-12)19-16(20)13-7-9-14(18)10-8-13/h2-10,15H,11H2,1H3,(H,19,20). The SMILES string of the molecule is COC(=O)C(Cc1ccccc1)NC(=O)c1ccc(I)cc1. The van der Waals surface area contributed by atoms with Gasteiger partial charge in [0.15, 0.2) is 0 Å². The molecule has 22 heavy (non-hydrogen) atoms. The van der Waals surface area contributed by atoms with Gasteiger partial charge >= 0.3 is 5.97 Å². The van der Waals surface area contributed by atoms with Crippen molar-refractivity contribution in [3.05, 3.63) is 69.3 Å². The van der Waals surface area contributed by atoms with Crippen molar-refractivity contribution in [1.29, 1.82) is 0 Å². The van der Waals surface area contributed by atoms with E-state index in [2.05, 4.69) is 27.9 Å². The van der Waals surface area contributed by atoms with Crippen molar-refractivity contribution in [1.82, 2.24) is 5.32 Å². The Morgan fingerprint density at radius 2 is 1.73 bits per heavy atom. The van der Waals surface area contributed by atoms with E-state index in [0.29, 0.717) is 12.0 Å². The monoisotopic (exact) mass is 409 g/mol. The second-order valence-electron chi connectivity index (χ2n) is 4.75. The molecule has 0 saturated carbocycles. The maximum absolute atomic E-state index is 12.3. The maximum atomic E-state index is 12.3. The molecule has 0 radical (unpaired) electrons. The smallest absolute Gasteiger partial charge is 0.328 e. The average Bonchev–Trinajstić information content (AvgIpc) is 2.55. The van der Waals surface area contributed by atoms with Crippen LogP contribution in [0.25, 0.3) is 0 Å². The van der Waals surface area contributed by atoms with E-state index >= 15 is 0 Å². The van der Waals surface area contributed by atoms with Gasteiger partial charge in [0, 0.05) is 15.6 Å². The molecule has 2 rings (SSSR count). The average molecular weight is 409 g/mol. The minimum Gasteiger partial charge on any atom is -0.467 e. The van der Waals surface area contributed by atoms with E-state index in [1.165, 1.54) is 7.11 Å². The molecule has 114 valence electrons. The molecule has 0 aliphatic heterocycles. The van der Waals surface area contributed by atoms with Crippen molar-refractivity contribution in [2.75, 3.05) is 7.11 Å². The molecular weight excluding hydrogens is 393 g/mol. The Labute approximate surface area is 143 Å². The molecule has 0 heterocycles. The number of esters is 1. The summed E-state index contributed by atoms with van der Waals surface area (Å²) in [5.41, 5.74) is 1.48. The van der Waals surface area contributed by atoms with Crippen LogP contribution in [0.3, 0.4) is 0 Å². The maximum Gasteiger partial charge on any atom is 0.328 e. The van der Waals surface area contributed by atoms with Crippen molar-refractivity contribution >= 4 is 34.5 Å². The zero-order valence-electron chi connectivity index (χ0n) is 12.1. The van der Waals surface area contributed by atoms with E-state index in [4.69, 9.17) is 4.74 Å². The normalized spacial score (nSPS) is 11.5. The van der Waals surface area contributed by atoms with Crippen molar-refractivity contribution in [2.45, 2.75) is 12.5 Å². The quantitative estimate of drug-likeness (QED) is 0.611. The number of carbonyl (C=O) groups is 2. The fraction of sp³-hybridized carbons (Fsp3) is 0.176. The van der Waals surface area contributed by atoms with Gasteiger partial charge in [-0.15, -0.1) is 0 Å². The first-order chi connectivity index (χ1) is 10.6. The van der Waals surface area contributed by atoms with E-state index in [9.17, 15) is 9.59 Å². The molecule has 1 N–H and O–H groups in total. The van der Waals surface area contributed by atoms with Gasteiger partial charge in [-0.05, 0) is 52.4 Å². The molecule has 0 spiro atoms. The molecule has 4 nitrogen and oxygen atoms in total. The highest BCUT2D eigenvalue weighted by atomic mass is 127. The second kappa shape index (κ2) is 7.93. The first-order valence-electron chi connectivity index (χ1n) is 6.78. The Kier molecular flexibility index (Phi) is 5.94. The minimum absolute atomic E-state index is 0.289. The summed E-state index contributed by atoms with van der Waals surface area (Å²) in [5, 5.41) is 2.74. The lowest BCUT2D eigenvalue weighted by atomic mass is 10.1. The van der Waals surface area contributed by atoms with E-state index in [1.54, 1.807) is 12.1 Å². The summed E-state index contributed by atoms with van der Waals surface area (Å²) in [6, 6.07) is 16.0. The molecule has 1 unspecified atom stereocenters. The van der Waals surface area contributed by atoms with Crippen LogP contribution >= 0.6 is 22.6 Å². The van der Waals surface area contributed by atoms with Crippen molar-refractivity contribution in [2.24, 2.45) is 0 Å². The van der Waals surface area contributed by atoms with Crippen LogP contribution < -0.4 is 5.32 Å². The summed E-state index contributed by atoms with van der Waals surface area (Å²) < 4.78 is 5.83. The van der Waals surface area contributed by atoms with Gasteiger partial charge in [-0.3, -0.25) is 4.79 Å². The Morgan fingerprint density at radius 3 is 2.32 bits per heavy atom. The van der Waals surface area contributed by atoms with Crippen LogP contribution in [0.2, 0.25) is 0 Å². The summed E-state index contributed by atoms with van der Waals surface area (Å²) in [4.78, 5) is 24.2. The minimum atomic E-state index is -0.709. The molecule has 0 aromatic heterocycles. The Balaban J connectivity index is 2.11. The fourth-order valence-electron chi connectivity index (χ4n) is 2.03. The zero-order chi connectivity index (χ0) is 15.9. The first kappa shape index (κ1) is 16.5. The number of nitrogens with one attached hydrogen (secondary N) is 1. The van der Waals surface area contributed by atoms with Gasteiger partial charge in [-0.1, -0.05) is 30.3 Å². The summed E-state index contributed by atoms with van der Waals surface area (Å²) in [6.07, 6.45) is 0.392. The lowest BCUT2D eigenvalue weighted by molar-refractivity contribution is -0.142. The topological polar surface area (TPSA) is 55.4 Å². The lowest BCUT2D eigenvalue weighted by Crippen LogP contribution is -2.43. The number of benzene rings is 2. The molecule has 1 atom stereocenters. The van der Waals surface area contributed by atoms with Crippen molar-refractivity contribution in [3.63, 3.8) is 0 Å². The van der Waals surface area contributed by atoms with Crippen LogP contribution in [-0.2, 0) is 16.0 Å². The number of halogens is 1. The summed E-state index contributed by atoms with van der Waals surface area (Å²) >= 11 is 2.17. The number of hydrogen-bond acceptors (Lipinski definition) is 3. The third-order valence-corrected chi connectivity index (χ3v) is 3.90. The van der Waals surface area contributed by atoms with Gasteiger partial charge in [0.25, 0.3) is 5.91 Å². The Hall–Kier alpha value is -1.89. The van der Waals surface area contributed by atoms with Crippen molar-refractivity contribution in [3.8, 4) is 0 Å². The molecular formula is C17H16INO3. The summed E-state index contributed by atoms with van der Waals surface area (Å²) in [7, 11) is 1.32. The molecule has 0 aliphatic carbocycles. The molecule has 2 aromatic rings. The van der Waals surface area contributed by atoms with Gasteiger partial charge in [0.2, 0.25) is 0 Å². The molecule has 0 saturated heterocycles. The number of methoxy groups -OCH3 is 1. The van der Waals surface area contributed by atoms with Gasteiger partial charge in [-0.2, -0.15) is 0 Å². The third-order valence-electron chi connectivity index (χ3n) is 3.18. The van der Waals surface area contributed by atoms with Gasteiger partial charge in [0.1, 0.15) is 6.04 Å². The van der Waals surface area contributed by atoms with Gasteiger partial charge < -0.3 is 10.1 Å². The molecule has 1 amide bonds. The Bertz CT molecular complexity index is 641. The highest BCUT2D eigenvalue weighted by Crippen LogP contribution is 2.09. The zero-order valence-corrected chi connectivity index (χ0v) is 14.2. The summed E-state index contributed by atoms with van der Waals surface area (Å²) in [5.74, 6) is -0.745. The highest BCUT2D eigenvalue weighted by Gasteiger charge is 2.22. The molecule has 2 aromatic carbocycles. The first-order valence-corrected chi connectivity index (χ1v) is 7.86. The van der Waals surface area contributed by atoms with Crippen molar-refractivity contribution < 1.29 is 14.3 Å². The van der Waals surface area contributed by atoms with Crippen LogP contribution in [0.1, 0.15) is 15.9 Å².